The van der Waals surface area contributed by atoms with Crippen LogP contribution in [-0.4, -0.2) is 30.1 Å². The molecule has 1 aromatic rings. The van der Waals surface area contributed by atoms with Crippen molar-refractivity contribution in [3.63, 3.8) is 0 Å². The highest BCUT2D eigenvalue weighted by Crippen LogP contribution is 2.36. The Hall–Kier alpha value is -0.740. The normalized spacial score (nSPS) is 19.6. The van der Waals surface area contributed by atoms with E-state index in [1.165, 1.54) is 5.69 Å². The van der Waals surface area contributed by atoms with Crippen LogP contribution in [0.4, 0.5) is 10.1 Å². The van der Waals surface area contributed by atoms with Crippen LogP contribution in [0.3, 0.4) is 0 Å². The molecular formula is C17H27FN2S. The minimum Gasteiger partial charge on any atom is -0.369 e. The molecule has 1 aliphatic rings. The second-order valence-corrected chi connectivity index (χ2v) is 8.27. The van der Waals surface area contributed by atoms with E-state index in [0.29, 0.717) is 0 Å². The topological polar surface area (TPSA) is 15.3 Å². The number of rotatable bonds is 4. The van der Waals surface area contributed by atoms with E-state index in [4.69, 9.17) is 0 Å². The minimum atomic E-state index is -0.107. The summed E-state index contributed by atoms with van der Waals surface area (Å²) in [6.07, 6.45) is 0. The molecule has 0 amide bonds. The molecule has 2 rings (SSSR count). The van der Waals surface area contributed by atoms with E-state index in [2.05, 4.69) is 37.9 Å². The zero-order valence-corrected chi connectivity index (χ0v) is 14.6. The molecule has 118 valence electrons. The van der Waals surface area contributed by atoms with Gasteiger partial charge >= 0.3 is 0 Å². The van der Waals surface area contributed by atoms with Gasteiger partial charge in [0.25, 0.3) is 0 Å². The SMILES string of the molecule is CCNC(C)c1cc(F)c(C)cc1N1CCSC(C)(C)C1. The molecule has 0 radical (unpaired) electrons. The minimum absolute atomic E-state index is 0.107. The molecule has 0 saturated carbocycles. The van der Waals surface area contributed by atoms with Crippen LogP contribution < -0.4 is 10.2 Å². The number of aryl methyl sites for hydroxylation is 1. The van der Waals surface area contributed by atoms with Crippen LogP contribution in [-0.2, 0) is 0 Å². The summed E-state index contributed by atoms with van der Waals surface area (Å²) in [4.78, 5) is 2.42. The number of halogens is 1. The Morgan fingerprint density at radius 2 is 2.14 bits per heavy atom. The van der Waals surface area contributed by atoms with Crippen LogP contribution in [0, 0.1) is 12.7 Å². The highest BCUT2D eigenvalue weighted by molar-refractivity contribution is 8.00. The molecule has 0 bridgehead atoms. The number of hydrogen-bond acceptors (Lipinski definition) is 3. The fourth-order valence-corrected chi connectivity index (χ4v) is 4.05. The van der Waals surface area contributed by atoms with Crippen molar-refractivity contribution in [3.05, 3.63) is 29.1 Å². The third-order valence-electron chi connectivity index (χ3n) is 4.05. The lowest BCUT2D eigenvalue weighted by Gasteiger charge is -2.40. The third-order valence-corrected chi connectivity index (χ3v) is 5.35. The fourth-order valence-electron chi connectivity index (χ4n) is 2.94. The number of nitrogens with one attached hydrogen (secondary N) is 1. The summed E-state index contributed by atoms with van der Waals surface area (Å²) >= 11 is 2.02. The van der Waals surface area contributed by atoms with Crippen molar-refractivity contribution in [1.29, 1.82) is 0 Å². The Bertz CT molecular complexity index is 502. The molecule has 1 unspecified atom stereocenters. The van der Waals surface area contributed by atoms with Crippen molar-refractivity contribution < 1.29 is 4.39 Å². The molecule has 21 heavy (non-hydrogen) atoms. The maximum Gasteiger partial charge on any atom is 0.126 e. The summed E-state index contributed by atoms with van der Waals surface area (Å²) in [6.45, 7) is 13.5. The summed E-state index contributed by atoms with van der Waals surface area (Å²) in [5.41, 5.74) is 2.99. The van der Waals surface area contributed by atoms with Gasteiger partial charge in [-0.25, -0.2) is 4.39 Å². The Kier molecular flexibility index (Phi) is 5.20. The van der Waals surface area contributed by atoms with E-state index < -0.39 is 0 Å². The number of hydrogen-bond donors (Lipinski definition) is 1. The van der Waals surface area contributed by atoms with Crippen LogP contribution in [0.25, 0.3) is 0 Å². The molecule has 4 heteroatoms. The maximum absolute atomic E-state index is 14.0. The first-order valence-electron chi connectivity index (χ1n) is 7.76. The van der Waals surface area contributed by atoms with Gasteiger partial charge in [0.05, 0.1) is 0 Å². The van der Waals surface area contributed by atoms with E-state index in [0.717, 1.165) is 36.5 Å². The predicted octanol–water partition coefficient (Wildman–Crippen LogP) is 4.14. The van der Waals surface area contributed by atoms with Crippen molar-refractivity contribution in [2.45, 2.75) is 45.4 Å². The van der Waals surface area contributed by atoms with E-state index in [9.17, 15) is 4.39 Å². The van der Waals surface area contributed by atoms with Gasteiger partial charge in [0.15, 0.2) is 0 Å². The zero-order valence-electron chi connectivity index (χ0n) is 13.8. The molecule has 1 N–H and O–H groups in total. The van der Waals surface area contributed by atoms with E-state index in [1.54, 1.807) is 6.07 Å². The highest BCUT2D eigenvalue weighted by Gasteiger charge is 2.29. The van der Waals surface area contributed by atoms with Crippen molar-refractivity contribution in [2.75, 3.05) is 30.3 Å². The number of benzene rings is 1. The molecule has 1 atom stereocenters. The van der Waals surface area contributed by atoms with Crippen LogP contribution in [0.2, 0.25) is 0 Å². The molecule has 1 saturated heterocycles. The standard InChI is InChI=1S/C17H27FN2S/c1-6-19-13(3)14-10-15(18)12(2)9-16(14)20-7-8-21-17(4,5)11-20/h9-10,13,19H,6-8,11H2,1-5H3. The second kappa shape index (κ2) is 6.57. The van der Waals surface area contributed by atoms with Gasteiger partial charge in [-0.05, 0) is 57.5 Å². The summed E-state index contributed by atoms with van der Waals surface area (Å²) in [7, 11) is 0. The molecule has 0 spiro atoms. The first-order chi connectivity index (χ1) is 9.84. The molecule has 2 nitrogen and oxygen atoms in total. The molecule has 1 aromatic carbocycles. The Balaban J connectivity index is 2.38. The maximum atomic E-state index is 14.0. The second-order valence-electron chi connectivity index (χ2n) is 6.47. The van der Waals surface area contributed by atoms with Crippen molar-refractivity contribution in [3.8, 4) is 0 Å². The van der Waals surface area contributed by atoms with Crippen molar-refractivity contribution in [2.24, 2.45) is 0 Å². The predicted molar refractivity (Wildman–Crippen MR) is 92.0 cm³/mol. The Morgan fingerprint density at radius 3 is 2.76 bits per heavy atom. The lowest BCUT2D eigenvalue weighted by Crippen LogP contribution is -2.43. The van der Waals surface area contributed by atoms with Gasteiger partial charge in [0.1, 0.15) is 5.82 Å². The van der Waals surface area contributed by atoms with E-state index in [-0.39, 0.29) is 16.6 Å². The van der Waals surface area contributed by atoms with Gasteiger partial charge < -0.3 is 10.2 Å². The monoisotopic (exact) mass is 310 g/mol. The fraction of sp³-hybridized carbons (Fsp3) is 0.647. The first-order valence-corrected chi connectivity index (χ1v) is 8.75. The quantitative estimate of drug-likeness (QED) is 0.900. The molecule has 1 fully saturated rings. The van der Waals surface area contributed by atoms with Gasteiger partial charge in [-0.1, -0.05) is 6.92 Å². The lowest BCUT2D eigenvalue weighted by atomic mass is 10.0. The van der Waals surface area contributed by atoms with Gasteiger partial charge in [-0.2, -0.15) is 11.8 Å². The van der Waals surface area contributed by atoms with E-state index >= 15 is 0 Å². The van der Waals surface area contributed by atoms with Crippen LogP contribution in [0.15, 0.2) is 12.1 Å². The Morgan fingerprint density at radius 1 is 1.43 bits per heavy atom. The summed E-state index contributed by atoms with van der Waals surface area (Å²) in [5, 5.41) is 3.41. The number of anilines is 1. The van der Waals surface area contributed by atoms with E-state index in [1.807, 2.05) is 24.8 Å². The largest absolute Gasteiger partial charge is 0.369 e. The van der Waals surface area contributed by atoms with Gasteiger partial charge in [-0.3, -0.25) is 0 Å². The number of thioether (sulfide) groups is 1. The summed E-state index contributed by atoms with van der Waals surface area (Å²) in [5.74, 6) is 1.02. The lowest BCUT2D eigenvalue weighted by molar-refractivity contribution is 0.573. The highest BCUT2D eigenvalue weighted by atomic mass is 32.2. The van der Waals surface area contributed by atoms with Crippen LogP contribution in [0.5, 0.6) is 0 Å². The van der Waals surface area contributed by atoms with Crippen molar-refractivity contribution >= 4 is 17.4 Å². The summed E-state index contributed by atoms with van der Waals surface area (Å²) in [6, 6.07) is 3.90. The van der Waals surface area contributed by atoms with Gasteiger partial charge in [0, 0.05) is 35.3 Å². The van der Waals surface area contributed by atoms with Crippen LogP contribution >= 0.6 is 11.8 Å². The third kappa shape index (κ3) is 3.92. The van der Waals surface area contributed by atoms with Gasteiger partial charge in [0.2, 0.25) is 0 Å². The molecular weight excluding hydrogens is 283 g/mol. The summed E-state index contributed by atoms with van der Waals surface area (Å²) < 4.78 is 14.3. The molecule has 1 aliphatic heterocycles. The Labute approximate surface area is 132 Å². The average Bonchev–Trinajstić information content (AvgIpc) is 2.40. The molecule has 0 aliphatic carbocycles. The first kappa shape index (κ1) is 16.6. The smallest absolute Gasteiger partial charge is 0.126 e. The van der Waals surface area contributed by atoms with Gasteiger partial charge in [-0.15, -0.1) is 0 Å². The van der Waals surface area contributed by atoms with Crippen LogP contribution in [0.1, 0.15) is 44.9 Å². The zero-order chi connectivity index (χ0) is 15.6. The molecule has 0 aromatic heterocycles. The van der Waals surface area contributed by atoms with Crippen molar-refractivity contribution in [1.82, 2.24) is 5.32 Å². The molecule has 1 heterocycles. The average molecular weight is 310 g/mol. The number of nitrogens with zero attached hydrogens (tertiary/aromatic N) is 1.